The summed E-state index contributed by atoms with van der Waals surface area (Å²) in [5.74, 6) is 4.43. The van der Waals surface area contributed by atoms with Crippen LogP contribution in [0.15, 0.2) is 28.7 Å². The minimum atomic E-state index is 0.252. The van der Waals surface area contributed by atoms with E-state index < -0.39 is 0 Å². The number of benzene rings is 1. The molecule has 0 saturated heterocycles. The smallest absolute Gasteiger partial charge is 0.247 e. The standard InChI is InChI=1S/C19H22N2O2/c22-16-3-1-15(2-4-16)18-21-20-17(23-18)11-19-8-12-5-13(9-19)7-14(6-12)10-19/h1-4,12-14,22H,5-11H2. The summed E-state index contributed by atoms with van der Waals surface area (Å²) in [6.07, 6.45) is 9.40. The predicted octanol–water partition coefficient (Wildman–Crippen LogP) is 4.20. The second kappa shape index (κ2) is 4.83. The second-order valence-corrected chi connectivity index (χ2v) is 8.14. The number of aromatic nitrogens is 2. The second-order valence-electron chi connectivity index (χ2n) is 8.14. The quantitative estimate of drug-likeness (QED) is 0.923. The summed E-state index contributed by atoms with van der Waals surface area (Å²) >= 11 is 0. The van der Waals surface area contributed by atoms with Crippen molar-refractivity contribution < 1.29 is 9.52 Å². The van der Waals surface area contributed by atoms with Gasteiger partial charge in [-0.1, -0.05) is 0 Å². The fourth-order valence-corrected chi connectivity index (χ4v) is 5.87. The Morgan fingerprint density at radius 1 is 0.957 bits per heavy atom. The van der Waals surface area contributed by atoms with E-state index in [4.69, 9.17) is 4.42 Å². The van der Waals surface area contributed by atoms with Gasteiger partial charge in [-0.25, -0.2) is 0 Å². The van der Waals surface area contributed by atoms with Crippen LogP contribution >= 0.6 is 0 Å². The van der Waals surface area contributed by atoms with Gasteiger partial charge >= 0.3 is 0 Å². The first-order valence-electron chi connectivity index (χ1n) is 8.79. The predicted molar refractivity (Wildman–Crippen MR) is 85.7 cm³/mol. The number of hydrogen-bond acceptors (Lipinski definition) is 4. The van der Waals surface area contributed by atoms with Crippen molar-refractivity contribution in [2.75, 3.05) is 0 Å². The first-order chi connectivity index (χ1) is 11.2. The number of phenols is 1. The van der Waals surface area contributed by atoms with Crippen molar-refractivity contribution in [1.29, 1.82) is 0 Å². The molecule has 1 aromatic heterocycles. The van der Waals surface area contributed by atoms with Crippen molar-refractivity contribution in [3.63, 3.8) is 0 Å². The molecule has 0 spiro atoms. The van der Waals surface area contributed by atoms with Gasteiger partial charge in [0.05, 0.1) is 0 Å². The fraction of sp³-hybridized carbons (Fsp3) is 0.579. The summed E-state index contributed by atoms with van der Waals surface area (Å²) in [4.78, 5) is 0. The maximum atomic E-state index is 9.38. The van der Waals surface area contributed by atoms with Crippen molar-refractivity contribution in [1.82, 2.24) is 10.2 Å². The Hall–Kier alpha value is -1.84. The van der Waals surface area contributed by atoms with Crippen LogP contribution in [0.25, 0.3) is 11.5 Å². The Bertz CT molecular complexity index is 684. The Morgan fingerprint density at radius 2 is 1.57 bits per heavy atom. The minimum Gasteiger partial charge on any atom is -0.508 e. The highest BCUT2D eigenvalue weighted by Crippen LogP contribution is 2.60. The van der Waals surface area contributed by atoms with Crippen molar-refractivity contribution >= 4 is 0 Å². The number of aromatic hydroxyl groups is 1. The topological polar surface area (TPSA) is 59.2 Å². The average Bonchev–Trinajstić information content (AvgIpc) is 2.94. The van der Waals surface area contributed by atoms with Gasteiger partial charge in [-0.05, 0) is 86.0 Å². The van der Waals surface area contributed by atoms with E-state index in [0.29, 0.717) is 11.3 Å². The summed E-state index contributed by atoms with van der Waals surface area (Å²) in [5, 5.41) is 17.9. The van der Waals surface area contributed by atoms with E-state index in [9.17, 15) is 5.11 Å². The van der Waals surface area contributed by atoms with Crippen molar-refractivity contribution in [2.45, 2.75) is 44.9 Å². The molecule has 2 aromatic rings. The molecule has 0 aliphatic heterocycles. The lowest BCUT2D eigenvalue weighted by atomic mass is 9.49. The molecule has 4 bridgehead atoms. The van der Waals surface area contributed by atoms with Crippen LogP contribution in [0.4, 0.5) is 0 Å². The number of rotatable bonds is 3. The van der Waals surface area contributed by atoms with E-state index in [1.165, 1.54) is 38.5 Å². The Labute approximate surface area is 135 Å². The van der Waals surface area contributed by atoms with E-state index in [1.54, 1.807) is 12.1 Å². The first-order valence-corrected chi connectivity index (χ1v) is 8.79. The van der Waals surface area contributed by atoms with Crippen LogP contribution in [0.5, 0.6) is 5.75 Å². The highest BCUT2D eigenvalue weighted by atomic mass is 16.4. The normalized spacial score (nSPS) is 34.9. The first kappa shape index (κ1) is 13.6. The summed E-state index contributed by atoms with van der Waals surface area (Å²) in [6, 6.07) is 6.94. The van der Waals surface area contributed by atoms with Gasteiger partial charge < -0.3 is 9.52 Å². The third-order valence-corrected chi connectivity index (χ3v) is 6.27. The highest BCUT2D eigenvalue weighted by Gasteiger charge is 2.51. The molecule has 4 nitrogen and oxygen atoms in total. The van der Waals surface area contributed by atoms with Gasteiger partial charge in [-0.15, -0.1) is 10.2 Å². The molecule has 0 atom stereocenters. The van der Waals surface area contributed by atoms with Crippen LogP contribution in [0.1, 0.15) is 44.4 Å². The van der Waals surface area contributed by atoms with E-state index in [2.05, 4.69) is 10.2 Å². The lowest BCUT2D eigenvalue weighted by Crippen LogP contribution is -2.47. The number of nitrogens with zero attached hydrogens (tertiary/aromatic N) is 2. The molecule has 4 heteroatoms. The molecule has 4 saturated carbocycles. The van der Waals surface area contributed by atoms with Crippen LogP contribution in [-0.2, 0) is 6.42 Å². The maximum Gasteiger partial charge on any atom is 0.247 e. The molecule has 1 heterocycles. The van der Waals surface area contributed by atoms with Gasteiger partial charge in [0.25, 0.3) is 0 Å². The van der Waals surface area contributed by atoms with Gasteiger partial charge in [-0.2, -0.15) is 0 Å². The third-order valence-electron chi connectivity index (χ3n) is 6.27. The minimum absolute atomic E-state index is 0.252. The van der Waals surface area contributed by atoms with E-state index in [0.717, 1.165) is 35.6 Å². The zero-order valence-corrected chi connectivity index (χ0v) is 13.2. The largest absolute Gasteiger partial charge is 0.508 e. The summed E-state index contributed by atoms with van der Waals surface area (Å²) in [7, 11) is 0. The van der Waals surface area contributed by atoms with Crippen molar-refractivity contribution in [3.8, 4) is 17.2 Å². The molecule has 4 aliphatic rings. The van der Waals surface area contributed by atoms with E-state index in [1.807, 2.05) is 12.1 Å². The molecule has 0 radical (unpaired) electrons. The summed E-state index contributed by atoms with van der Waals surface area (Å²) in [5.41, 5.74) is 1.29. The van der Waals surface area contributed by atoms with Gasteiger partial charge in [0.1, 0.15) is 5.75 Å². The van der Waals surface area contributed by atoms with Crippen LogP contribution in [-0.4, -0.2) is 15.3 Å². The Kier molecular flexibility index (Phi) is 2.85. The summed E-state index contributed by atoms with van der Waals surface area (Å²) in [6.45, 7) is 0. The molecular formula is C19H22N2O2. The van der Waals surface area contributed by atoms with Gasteiger partial charge in [0.2, 0.25) is 11.8 Å². The van der Waals surface area contributed by atoms with E-state index in [-0.39, 0.29) is 5.75 Å². The average molecular weight is 310 g/mol. The van der Waals surface area contributed by atoms with Gasteiger partial charge in [0, 0.05) is 12.0 Å². The lowest BCUT2D eigenvalue weighted by molar-refractivity contribution is -0.0550. The molecule has 4 fully saturated rings. The SMILES string of the molecule is Oc1ccc(-c2nnc(CC34CC5CC(CC(C5)C3)C4)o2)cc1. The molecule has 0 unspecified atom stereocenters. The zero-order valence-electron chi connectivity index (χ0n) is 13.2. The molecule has 4 aliphatic carbocycles. The molecular weight excluding hydrogens is 288 g/mol. The molecule has 6 rings (SSSR count). The van der Waals surface area contributed by atoms with Crippen molar-refractivity contribution in [3.05, 3.63) is 30.2 Å². The van der Waals surface area contributed by atoms with E-state index >= 15 is 0 Å². The van der Waals surface area contributed by atoms with Crippen LogP contribution < -0.4 is 0 Å². The third kappa shape index (κ3) is 2.35. The summed E-state index contributed by atoms with van der Waals surface area (Å²) < 4.78 is 5.94. The Balaban J connectivity index is 1.38. The monoisotopic (exact) mass is 310 g/mol. The number of phenolic OH excluding ortho intramolecular Hbond substituents is 1. The Morgan fingerprint density at radius 3 is 2.17 bits per heavy atom. The zero-order chi connectivity index (χ0) is 15.4. The number of hydrogen-bond donors (Lipinski definition) is 1. The highest BCUT2D eigenvalue weighted by molar-refractivity contribution is 5.53. The molecule has 1 N–H and O–H groups in total. The van der Waals surface area contributed by atoms with Crippen molar-refractivity contribution in [2.24, 2.45) is 23.2 Å². The fourth-order valence-electron chi connectivity index (χ4n) is 5.87. The molecule has 23 heavy (non-hydrogen) atoms. The van der Waals surface area contributed by atoms with Crippen LogP contribution in [0.3, 0.4) is 0 Å². The van der Waals surface area contributed by atoms with Gasteiger partial charge in [0.15, 0.2) is 0 Å². The molecule has 1 aromatic carbocycles. The van der Waals surface area contributed by atoms with Gasteiger partial charge in [-0.3, -0.25) is 0 Å². The van der Waals surface area contributed by atoms with Crippen LogP contribution in [0, 0.1) is 23.2 Å². The lowest BCUT2D eigenvalue weighted by Gasteiger charge is -2.56. The maximum absolute atomic E-state index is 9.38. The molecule has 120 valence electrons. The van der Waals surface area contributed by atoms with Crippen LogP contribution in [0.2, 0.25) is 0 Å². The molecule has 0 amide bonds.